The molecule has 22 heavy (non-hydrogen) atoms. The number of ether oxygens (including phenoxy) is 1. The number of rotatable bonds is 7. The molecule has 2 rings (SSSR count). The Bertz CT molecular complexity index is 599. The van der Waals surface area contributed by atoms with E-state index in [0.29, 0.717) is 4.90 Å². The average molecular weight is 326 g/mol. The van der Waals surface area contributed by atoms with Crippen LogP contribution >= 0.6 is 0 Å². The van der Waals surface area contributed by atoms with Gasteiger partial charge in [-0.05, 0) is 50.9 Å². The minimum absolute atomic E-state index is 0.274. The second kappa shape index (κ2) is 7.55. The van der Waals surface area contributed by atoms with Crippen molar-refractivity contribution in [1.82, 2.24) is 9.62 Å². The molecule has 1 aliphatic heterocycles. The molecule has 5 nitrogen and oxygen atoms in total. The summed E-state index contributed by atoms with van der Waals surface area (Å²) in [4.78, 5) is 2.79. The van der Waals surface area contributed by atoms with Crippen LogP contribution in [0, 0.1) is 0 Å². The van der Waals surface area contributed by atoms with Gasteiger partial charge in [0.2, 0.25) is 10.0 Å². The van der Waals surface area contributed by atoms with Crippen LogP contribution in [-0.2, 0) is 27.7 Å². The van der Waals surface area contributed by atoms with E-state index in [1.165, 1.54) is 7.05 Å². The molecule has 1 N–H and O–H groups in total. The lowest BCUT2D eigenvalue weighted by Crippen LogP contribution is -2.33. The minimum Gasteiger partial charge on any atom is -0.379 e. The molecule has 0 saturated heterocycles. The molecule has 0 amide bonds. The first-order valence-electron chi connectivity index (χ1n) is 7.82. The highest BCUT2D eigenvalue weighted by Gasteiger charge is 2.23. The SMILES string of the molecule is CNS(=O)(=O)c1cccc2c1CCN(CCCOC(C)C)C2. The van der Waals surface area contributed by atoms with Crippen molar-refractivity contribution in [2.45, 2.75) is 44.2 Å². The maximum Gasteiger partial charge on any atom is 0.240 e. The van der Waals surface area contributed by atoms with Gasteiger partial charge in [0.1, 0.15) is 0 Å². The number of sulfonamides is 1. The van der Waals surface area contributed by atoms with Crippen LogP contribution in [-0.4, -0.2) is 46.2 Å². The molecule has 1 aromatic carbocycles. The van der Waals surface area contributed by atoms with Gasteiger partial charge in [-0.2, -0.15) is 0 Å². The van der Waals surface area contributed by atoms with E-state index in [4.69, 9.17) is 4.74 Å². The van der Waals surface area contributed by atoms with Crippen molar-refractivity contribution in [3.05, 3.63) is 29.3 Å². The molecule has 0 radical (unpaired) electrons. The summed E-state index contributed by atoms with van der Waals surface area (Å²) in [5.74, 6) is 0. The largest absolute Gasteiger partial charge is 0.379 e. The number of benzene rings is 1. The van der Waals surface area contributed by atoms with E-state index in [1.807, 2.05) is 26.0 Å². The Hall–Kier alpha value is -0.950. The van der Waals surface area contributed by atoms with Gasteiger partial charge < -0.3 is 4.74 Å². The van der Waals surface area contributed by atoms with Gasteiger partial charge in [-0.15, -0.1) is 0 Å². The van der Waals surface area contributed by atoms with Gasteiger partial charge >= 0.3 is 0 Å². The monoisotopic (exact) mass is 326 g/mol. The Labute approximate surface area is 133 Å². The van der Waals surface area contributed by atoms with Crippen molar-refractivity contribution >= 4 is 10.0 Å². The molecule has 1 heterocycles. The average Bonchev–Trinajstić information content (AvgIpc) is 2.50. The number of hydrogen-bond acceptors (Lipinski definition) is 4. The van der Waals surface area contributed by atoms with Gasteiger partial charge in [-0.3, -0.25) is 4.90 Å². The molecule has 0 bridgehead atoms. The van der Waals surface area contributed by atoms with Crippen molar-refractivity contribution in [3.8, 4) is 0 Å². The van der Waals surface area contributed by atoms with Gasteiger partial charge in [0.05, 0.1) is 11.0 Å². The summed E-state index contributed by atoms with van der Waals surface area (Å²) >= 11 is 0. The number of hydrogen-bond donors (Lipinski definition) is 1. The Morgan fingerprint density at radius 2 is 2.14 bits per heavy atom. The van der Waals surface area contributed by atoms with Gasteiger partial charge in [0.15, 0.2) is 0 Å². The van der Waals surface area contributed by atoms with Crippen LogP contribution in [0.25, 0.3) is 0 Å². The van der Waals surface area contributed by atoms with Crippen LogP contribution in [0.1, 0.15) is 31.4 Å². The molecule has 0 spiro atoms. The molecular formula is C16H26N2O3S. The van der Waals surface area contributed by atoms with E-state index >= 15 is 0 Å². The second-order valence-electron chi connectivity index (χ2n) is 5.90. The molecular weight excluding hydrogens is 300 g/mol. The Morgan fingerprint density at radius 1 is 1.36 bits per heavy atom. The standard InChI is InChI=1S/C16H26N2O3S/c1-13(2)21-11-5-9-18-10-8-15-14(12-18)6-4-7-16(15)22(19,20)17-3/h4,6-7,13,17H,5,8-12H2,1-3H3. The molecule has 0 aromatic heterocycles. The highest BCUT2D eigenvalue weighted by Crippen LogP contribution is 2.25. The summed E-state index contributed by atoms with van der Waals surface area (Å²) in [5.41, 5.74) is 2.08. The third-order valence-corrected chi connectivity index (χ3v) is 5.43. The fourth-order valence-corrected chi connectivity index (χ4v) is 3.83. The first kappa shape index (κ1) is 17.4. The van der Waals surface area contributed by atoms with E-state index < -0.39 is 10.0 Å². The predicted molar refractivity (Wildman–Crippen MR) is 87.4 cm³/mol. The molecule has 6 heteroatoms. The minimum atomic E-state index is -3.38. The fourth-order valence-electron chi connectivity index (χ4n) is 2.79. The van der Waals surface area contributed by atoms with Crippen LogP contribution in [0.4, 0.5) is 0 Å². The van der Waals surface area contributed by atoms with Crippen molar-refractivity contribution in [1.29, 1.82) is 0 Å². The van der Waals surface area contributed by atoms with E-state index in [0.717, 1.165) is 50.2 Å². The Morgan fingerprint density at radius 3 is 2.82 bits per heavy atom. The lowest BCUT2D eigenvalue weighted by atomic mass is 9.99. The molecule has 0 unspecified atom stereocenters. The molecule has 1 aromatic rings. The summed E-state index contributed by atoms with van der Waals surface area (Å²) in [5, 5.41) is 0. The highest BCUT2D eigenvalue weighted by atomic mass is 32.2. The van der Waals surface area contributed by atoms with Crippen LogP contribution in [0.5, 0.6) is 0 Å². The summed E-state index contributed by atoms with van der Waals surface area (Å²) in [6, 6.07) is 5.55. The zero-order valence-electron chi connectivity index (χ0n) is 13.6. The van der Waals surface area contributed by atoms with E-state index in [-0.39, 0.29) is 6.10 Å². The van der Waals surface area contributed by atoms with Crippen LogP contribution < -0.4 is 4.72 Å². The smallest absolute Gasteiger partial charge is 0.240 e. The first-order chi connectivity index (χ1) is 10.4. The summed E-state index contributed by atoms with van der Waals surface area (Å²) in [6.07, 6.45) is 2.05. The zero-order valence-corrected chi connectivity index (χ0v) is 14.4. The topological polar surface area (TPSA) is 58.6 Å². The zero-order chi connectivity index (χ0) is 16.2. The Balaban J connectivity index is 2.01. The van der Waals surface area contributed by atoms with E-state index in [2.05, 4.69) is 9.62 Å². The van der Waals surface area contributed by atoms with Gasteiger partial charge in [0, 0.05) is 26.2 Å². The van der Waals surface area contributed by atoms with Crippen LogP contribution in [0.15, 0.2) is 23.1 Å². The third kappa shape index (κ3) is 4.29. The Kier molecular flexibility index (Phi) is 5.97. The second-order valence-corrected chi connectivity index (χ2v) is 7.76. The van der Waals surface area contributed by atoms with Crippen molar-refractivity contribution < 1.29 is 13.2 Å². The number of fused-ring (bicyclic) bond motifs is 1. The first-order valence-corrected chi connectivity index (χ1v) is 9.30. The van der Waals surface area contributed by atoms with Crippen LogP contribution in [0.2, 0.25) is 0 Å². The quantitative estimate of drug-likeness (QED) is 0.776. The molecule has 0 aliphatic carbocycles. The molecule has 0 saturated carbocycles. The van der Waals surface area contributed by atoms with Gasteiger partial charge in [-0.25, -0.2) is 13.1 Å². The summed E-state index contributed by atoms with van der Waals surface area (Å²) in [7, 11) is -1.92. The van der Waals surface area contributed by atoms with Gasteiger partial charge in [-0.1, -0.05) is 12.1 Å². The summed E-state index contributed by atoms with van der Waals surface area (Å²) < 4.78 is 32.2. The maximum atomic E-state index is 12.1. The van der Waals surface area contributed by atoms with Gasteiger partial charge in [0.25, 0.3) is 0 Å². The van der Waals surface area contributed by atoms with Crippen LogP contribution in [0.3, 0.4) is 0 Å². The normalized spacial score (nSPS) is 16.0. The van der Waals surface area contributed by atoms with Crippen molar-refractivity contribution in [2.24, 2.45) is 0 Å². The fraction of sp³-hybridized carbons (Fsp3) is 0.625. The van der Waals surface area contributed by atoms with E-state index in [1.54, 1.807) is 6.07 Å². The predicted octanol–water partition coefficient (Wildman–Crippen LogP) is 1.77. The molecule has 0 fully saturated rings. The van der Waals surface area contributed by atoms with Crippen molar-refractivity contribution in [3.63, 3.8) is 0 Å². The summed E-state index contributed by atoms with van der Waals surface area (Å²) in [6.45, 7) is 7.54. The maximum absolute atomic E-state index is 12.1. The lowest BCUT2D eigenvalue weighted by Gasteiger charge is -2.30. The molecule has 0 atom stereocenters. The third-order valence-electron chi connectivity index (χ3n) is 3.93. The van der Waals surface area contributed by atoms with Crippen molar-refractivity contribution in [2.75, 3.05) is 26.7 Å². The lowest BCUT2D eigenvalue weighted by molar-refractivity contribution is 0.0695. The number of nitrogens with one attached hydrogen (secondary N) is 1. The van der Waals surface area contributed by atoms with E-state index in [9.17, 15) is 8.42 Å². The molecule has 124 valence electrons. The molecule has 1 aliphatic rings. The number of nitrogens with zero attached hydrogens (tertiary/aromatic N) is 1. The highest BCUT2D eigenvalue weighted by molar-refractivity contribution is 7.89.